The van der Waals surface area contributed by atoms with E-state index in [4.69, 9.17) is 5.73 Å². The molecule has 0 aliphatic carbocycles. The number of carbonyl (C=O) groups excluding carboxylic acids is 2. The van der Waals surface area contributed by atoms with Gasteiger partial charge < -0.3 is 16.0 Å². The molecule has 2 amide bonds. The molecule has 3 rings (SSSR count). The van der Waals surface area contributed by atoms with Crippen molar-refractivity contribution in [3.05, 3.63) is 29.3 Å². The first-order chi connectivity index (χ1) is 13.5. The lowest BCUT2D eigenvalue weighted by molar-refractivity contribution is -0.132. The molecule has 0 unspecified atom stereocenters. The lowest BCUT2D eigenvalue weighted by Gasteiger charge is -2.30. The maximum Gasteiger partial charge on any atom is 0.233 e. The van der Waals surface area contributed by atoms with Crippen LogP contribution in [0.1, 0.15) is 30.9 Å². The molecule has 1 aliphatic heterocycles. The van der Waals surface area contributed by atoms with Gasteiger partial charge in [-0.05, 0) is 37.3 Å². The average molecular weight is 420 g/mol. The first-order valence-electron chi connectivity index (χ1n) is 9.36. The fourth-order valence-electron chi connectivity index (χ4n) is 3.26. The predicted molar refractivity (Wildman–Crippen MR) is 113 cm³/mol. The second-order valence-electron chi connectivity index (χ2n) is 6.81. The molecule has 1 aromatic carbocycles. The number of aromatic nitrogens is 2. The van der Waals surface area contributed by atoms with E-state index in [-0.39, 0.29) is 17.7 Å². The number of aryl methyl sites for hydroxylation is 2. The number of hydrogen-bond acceptors (Lipinski definition) is 7. The Balaban J connectivity index is 1.53. The van der Waals surface area contributed by atoms with Crippen LogP contribution in [-0.2, 0) is 16.0 Å². The summed E-state index contributed by atoms with van der Waals surface area (Å²) in [7, 11) is 0. The highest BCUT2D eigenvalue weighted by Crippen LogP contribution is 2.31. The summed E-state index contributed by atoms with van der Waals surface area (Å²) in [4.78, 5) is 25.4. The molecular formula is C19H25N5O2S2. The summed E-state index contributed by atoms with van der Waals surface area (Å²) in [6.07, 6.45) is 2.23. The van der Waals surface area contributed by atoms with E-state index in [1.54, 1.807) is 4.90 Å². The first-order valence-corrected chi connectivity index (χ1v) is 11.2. The number of likely N-dealkylation sites (tertiary alicyclic amines) is 1. The first kappa shape index (κ1) is 20.6. The zero-order valence-corrected chi connectivity index (χ0v) is 17.7. The number of amides is 2. The minimum absolute atomic E-state index is 0.0600. The number of nitrogens with one attached hydrogen (secondary N) is 1. The second-order valence-corrected chi connectivity index (χ2v) is 9.01. The summed E-state index contributed by atoms with van der Waals surface area (Å²) < 4.78 is 0.759. The number of anilines is 2. The minimum Gasteiger partial charge on any atom is -0.369 e. The standard InChI is InChI=1S/C19H25N5O2S2/c1-3-13-6-4-5-12(2)16(13)21-18-22-23-19(28-18)27-11-15(25)24-9-7-14(8-10-24)17(20)26/h4-6,14H,3,7-11H2,1-2H3,(H2,20,26)(H,21,22). The number of nitrogens with two attached hydrogens (primary N) is 1. The largest absolute Gasteiger partial charge is 0.369 e. The van der Waals surface area contributed by atoms with Crippen LogP contribution >= 0.6 is 23.1 Å². The summed E-state index contributed by atoms with van der Waals surface area (Å²) in [5.74, 6) is 0.00322. The summed E-state index contributed by atoms with van der Waals surface area (Å²) in [6, 6.07) is 6.23. The maximum absolute atomic E-state index is 12.4. The summed E-state index contributed by atoms with van der Waals surface area (Å²) in [5.41, 5.74) is 8.82. The fraction of sp³-hybridized carbons (Fsp3) is 0.474. The van der Waals surface area contributed by atoms with Crippen LogP contribution < -0.4 is 11.1 Å². The van der Waals surface area contributed by atoms with Gasteiger partial charge >= 0.3 is 0 Å². The fourth-order valence-corrected chi connectivity index (χ4v) is 4.91. The third kappa shape index (κ3) is 5.02. The average Bonchev–Trinajstić information content (AvgIpc) is 3.15. The zero-order chi connectivity index (χ0) is 20.1. The Hall–Kier alpha value is -2.13. The van der Waals surface area contributed by atoms with E-state index < -0.39 is 0 Å². The van der Waals surface area contributed by atoms with Crippen molar-refractivity contribution in [3.8, 4) is 0 Å². The van der Waals surface area contributed by atoms with Gasteiger partial charge in [-0.2, -0.15) is 0 Å². The van der Waals surface area contributed by atoms with Gasteiger partial charge in [0.15, 0.2) is 4.34 Å². The molecule has 2 aromatic rings. The molecule has 7 nitrogen and oxygen atoms in total. The molecule has 1 saturated heterocycles. The summed E-state index contributed by atoms with van der Waals surface area (Å²) >= 11 is 2.84. The lowest BCUT2D eigenvalue weighted by Crippen LogP contribution is -2.42. The van der Waals surface area contributed by atoms with Crippen LogP contribution in [-0.4, -0.2) is 45.8 Å². The Bertz CT molecular complexity index is 847. The number of para-hydroxylation sites is 1. The number of primary amides is 1. The predicted octanol–water partition coefficient (Wildman–Crippen LogP) is 2.97. The highest BCUT2D eigenvalue weighted by molar-refractivity contribution is 8.01. The SMILES string of the molecule is CCc1cccc(C)c1Nc1nnc(SCC(=O)N2CCC(C(N)=O)CC2)s1. The third-order valence-electron chi connectivity index (χ3n) is 4.95. The smallest absolute Gasteiger partial charge is 0.233 e. The van der Waals surface area contributed by atoms with Crippen LogP contribution in [0.15, 0.2) is 22.5 Å². The number of carbonyl (C=O) groups is 2. The second kappa shape index (κ2) is 9.38. The van der Waals surface area contributed by atoms with Gasteiger partial charge in [-0.3, -0.25) is 9.59 Å². The quantitative estimate of drug-likeness (QED) is 0.669. The van der Waals surface area contributed by atoms with Crippen LogP contribution in [0.3, 0.4) is 0 Å². The minimum atomic E-state index is -0.268. The van der Waals surface area contributed by atoms with Gasteiger partial charge in [-0.25, -0.2) is 0 Å². The van der Waals surface area contributed by atoms with Gasteiger partial charge in [0.05, 0.1) is 5.75 Å². The Morgan fingerprint density at radius 1 is 1.32 bits per heavy atom. The van der Waals surface area contributed by atoms with E-state index >= 15 is 0 Å². The number of thioether (sulfide) groups is 1. The monoisotopic (exact) mass is 419 g/mol. The van der Waals surface area contributed by atoms with Crippen molar-refractivity contribution in [2.45, 2.75) is 37.4 Å². The number of hydrogen-bond donors (Lipinski definition) is 2. The molecule has 1 aromatic heterocycles. The third-order valence-corrected chi connectivity index (χ3v) is 6.90. The van der Waals surface area contributed by atoms with Gasteiger partial charge in [0.1, 0.15) is 0 Å². The number of piperidine rings is 1. The van der Waals surface area contributed by atoms with Gasteiger partial charge in [0, 0.05) is 24.7 Å². The normalized spacial score (nSPS) is 14.9. The van der Waals surface area contributed by atoms with Crippen molar-refractivity contribution >= 4 is 45.7 Å². The Morgan fingerprint density at radius 2 is 2.07 bits per heavy atom. The molecule has 3 N–H and O–H groups in total. The molecule has 1 aliphatic rings. The summed E-state index contributed by atoms with van der Waals surface area (Å²) in [5, 5.41) is 12.5. The molecule has 9 heteroatoms. The topological polar surface area (TPSA) is 101 Å². The van der Waals surface area contributed by atoms with Crippen LogP contribution in [0.4, 0.5) is 10.8 Å². The molecule has 1 fully saturated rings. The molecule has 0 radical (unpaired) electrons. The van der Waals surface area contributed by atoms with E-state index in [2.05, 4.69) is 47.6 Å². The van der Waals surface area contributed by atoms with E-state index in [1.807, 2.05) is 0 Å². The molecule has 0 atom stereocenters. The van der Waals surface area contributed by atoms with Gasteiger partial charge in [-0.15, -0.1) is 10.2 Å². The van der Waals surface area contributed by atoms with Gasteiger partial charge in [0.25, 0.3) is 0 Å². The van der Waals surface area contributed by atoms with E-state index in [9.17, 15) is 9.59 Å². The van der Waals surface area contributed by atoms with Crippen LogP contribution in [0.5, 0.6) is 0 Å². The lowest BCUT2D eigenvalue weighted by atomic mass is 9.96. The Morgan fingerprint density at radius 3 is 2.75 bits per heavy atom. The molecule has 0 bridgehead atoms. The highest BCUT2D eigenvalue weighted by Gasteiger charge is 2.26. The van der Waals surface area contributed by atoms with Gasteiger partial charge in [0.2, 0.25) is 16.9 Å². The van der Waals surface area contributed by atoms with Crippen molar-refractivity contribution in [1.29, 1.82) is 0 Å². The van der Waals surface area contributed by atoms with Gasteiger partial charge in [-0.1, -0.05) is 48.2 Å². The molecule has 150 valence electrons. The van der Waals surface area contributed by atoms with Crippen molar-refractivity contribution in [1.82, 2.24) is 15.1 Å². The van der Waals surface area contributed by atoms with Crippen LogP contribution in [0, 0.1) is 12.8 Å². The number of nitrogens with zero attached hydrogens (tertiary/aromatic N) is 3. The Kier molecular flexibility index (Phi) is 6.90. The maximum atomic E-state index is 12.4. The van der Waals surface area contributed by atoms with Crippen molar-refractivity contribution in [3.63, 3.8) is 0 Å². The summed E-state index contributed by atoms with van der Waals surface area (Å²) in [6.45, 7) is 5.36. The van der Waals surface area contributed by atoms with E-state index in [1.165, 1.54) is 34.2 Å². The van der Waals surface area contributed by atoms with Crippen molar-refractivity contribution < 1.29 is 9.59 Å². The number of benzene rings is 1. The Labute approximate surface area is 173 Å². The molecule has 0 saturated carbocycles. The van der Waals surface area contributed by atoms with Crippen molar-refractivity contribution in [2.75, 3.05) is 24.2 Å². The van der Waals surface area contributed by atoms with E-state index in [0.29, 0.717) is 31.7 Å². The van der Waals surface area contributed by atoms with Crippen LogP contribution in [0.2, 0.25) is 0 Å². The van der Waals surface area contributed by atoms with Crippen LogP contribution in [0.25, 0.3) is 0 Å². The highest BCUT2D eigenvalue weighted by atomic mass is 32.2. The van der Waals surface area contributed by atoms with Crippen molar-refractivity contribution in [2.24, 2.45) is 11.7 Å². The molecule has 2 heterocycles. The van der Waals surface area contributed by atoms with E-state index in [0.717, 1.165) is 21.6 Å². The molecule has 0 spiro atoms. The molecular weight excluding hydrogens is 394 g/mol. The zero-order valence-electron chi connectivity index (χ0n) is 16.1. The molecule has 28 heavy (non-hydrogen) atoms. The number of rotatable bonds is 7.